The van der Waals surface area contributed by atoms with Gasteiger partial charge >= 0.3 is 0 Å². The number of benzene rings is 1. The Hall–Kier alpha value is -2.82. The number of allylic oxidation sites excluding steroid dienone is 4. The maximum Gasteiger partial charge on any atom is 0.242 e. The molecule has 1 heterocycles. The molecular weight excluding hydrogens is 436 g/mol. The minimum absolute atomic E-state index is 0.0229. The fourth-order valence-corrected chi connectivity index (χ4v) is 4.27. The Morgan fingerprint density at radius 1 is 1.14 bits per heavy atom. The Bertz CT molecular complexity index is 1060. The fraction of sp³-hybridized carbons (Fsp3) is 0.533. The van der Waals surface area contributed by atoms with Crippen LogP contribution in [0.15, 0.2) is 42.0 Å². The van der Waals surface area contributed by atoms with Gasteiger partial charge in [-0.05, 0) is 56.2 Å². The Morgan fingerprint density at radius 2 is 1.89 bits per heavy atom. The zero-order valence-corrected chi connectivity index (χ0v) is 22.8. The molecule has 192 valence electrons. The molecule has 0 saturated heterocycles. The van der Waals surface area contributed by atoms with Crippen LogP contribution in [-0.4, -0.2) is 41.4 Å². The Morgan fingerprint density at radius 3 is 2.49 bits per heavy atom. The topological polar surface area (TPSA) is 51.5 Å². The molecule has 0 aliphatic carbocycles. The van der Waals surface area contributed by atoms with Gasteiger partial charge in [0.15, 0.2) is 5.78 Å². The van der Waals surface area contributed by atoms with Gasteiger partial charge in [0.25, 0.3) is 0 Å². The number of Topliss-reactive ketones (excluding diaryl/α,β-unsaturated/α-hetero) is 1. The van der Waals surface area contributed by atoms with Gasteiger partial charge in [-0.25, -0.2) is 0 Å². The van der Waals surface area contributed by atoms with Crippen LogP contribution >= 0.6 is 0 Å². The molecule has 1 aromatic heterocycles. The first-order valence-corrected chi connectivity index (χ1v) is 13.1. The minimum Gasteiger partial charge on any atom is -0.497 e. The number of hydrogen-bond acceptors (Lipinski definition) is 3. The quantitative estimate of drug-likeness (QED) is 0.164. The van der Waals surface area contributed by atoms with Gasteiger partial charge in [-0.3, -0.25) is 9.59 Å². The van der Waals surface area contributed by atoms with Crippen molar-refractivity contribution < 1.29 is 14.3 Å². The van der Waals surface area contributed by atoms with Crippen LogP contribution in [0.5, 0.6) is 5.75 Å². The summed E-state index contributed by atoms with van der Waals surface area (Å²) in [6.07, 6.45) is 10.5. The molecule has 2 rings (SSSR count). The summed E-state index contributed by atoms with van der Waals surface area (Å²) in [7, 11) is 1.63. The second-order valence-corrected chi connectivity index (χ2v) is 9.56. The van der Waals surface area contributed by atoms with Gasteiger partial charge < -0.3 is 14.2 Å². The number of carbonyl (C=O) groups excluding carboxylic acids is 2. The van der Waals surface area contributed by atoms with Gasteiger partial charge in [-0.1, -0.05) is 59.3 Å². The van der Waals surface area contributed by atoms with Crippen molar-refractivity contribution in [3.05, 3.63) is 53.3 Å². The van der Waals surface area contributed by atoms with E-state index in [-0.39, 0.29) is 18.2 Å². The number of nitrogens with zero attached hydrogens (tertiary/aromatic N) is 2. The van der Waals surface area contributed by atoms with Crippen LogP contribution in [0.4, 0.5) is 0 Å². The highest BCUT2D eigenvalue weighted by Crippen LogP contribution is 2.31. The second-order valence-electron chi connectivity index (χ2n) is 9.56. The molecule has 5 nitrogen and oxygen atoms in total. The molecular formula is C30H44N2O3. The lowest BCUT2D eigenvalue weighted by molar-refractivity contribution is -0.132. The summed E-state index contributed by atoms with van der Waals surface area (Å²) < 4.78 is 7.47. The number of rotatable bonds is 14. The van der Waals surface area contributed by atoms with E-state index in [4.69, 9.17) is 4.74 Å². The highest BCUT2D eigenvalue weighted by Gasteiger charge is 2.24. The normalized spacial score (nSPS) is 12.2. The van der Waals surface area contributed by atoms with E-state index in [0.717, 1.165) is 60.9 Å². The highest BCUT2D eigenvalue weighted by molar-refractivity contribution is 6.17. The van der Waals surface area contributed by atoms with E-state index >= 15 is 0 Å². The summed E-state index contributed by atoms with van der Waals surface area (Å²) in [4.78, 5) is 29.2. The third-order valence-electron chi connectivity index (χ3n) is 6.50. The summed E-state index contributed by atoms with van der Waals surface area (Å²) in [5.74, 6) is 1.37. The molecule has 0 saturated carbocycles. The Labute approximate surface area is 211 Å². The van der Waals surface area contributed by atoms with Crippen LogP contribution < -0.4 is 4.74 Å². The summed E-state index contributed by atoms with van der Waals surface area (Å²) in [6.45, 7) is 14.3. The van der Waals surface area contributed by atoms with E-state index in [2.05, 4.69) is 27.7 Å². The monoisotopic (exact) mass is 480 g/mol. The number of fused-ring (bicyclic) bond motifs is 1. The lowest BCUT2D eigenvalue weighted by atomic mass is 9.98. The molecule has 0 aliphatic heterocycles. The highest BCUT2D eigenvalue weighted by atomic mass is 16.5. The number of unbranched alkanes of at least 4 members (excludes halogenated alkanes) is 1. The Balaban J connectivity index is 2.54. The van der Waals surface area contributed by atoms with Crippen molar-refractivity contribution in [2.75, 3.05) is 20.2 Å². The standard InChI is InChI=1S/C30H44N2O3/c1-8-11-13-14-24(10-3)30(34)29-23(6)32(27-20-25(35-7)15-16-26(27)29)21-28(33)31(18-12-9-2)19-17-22(4)5/h11,13-16,20,22H,8-10,12,17-19,21H2,1-7H3/b13-11-,24-14+. The van der Waals surface area contributed by atoms with Crippen LogP contribution in [0.1, 0.15) is 82.8 Å². The molecule has 0 bridgehead atoms. The van der Waals surface area contributed by atoms with Crippen molar-refractivity contribution in [2.24, 2.45) is 5.92 Å². The molecule has 5 heteroatoms. The molecule has 0 spiro atoms. The van der Waals surface area contributed by atoms with E-state index in [9.17, 15) is 9.59 Å². The summed E-state index contributed by atoms with van der Waals surface area (Å²) in [5, 5.41) is 0.863. The van der Waals surface area contributed by atoms with E-state index < -0.39 is 0 Å². The zero-order valence-electron chi connectivity index (χ0n) is 22.8. The molecule has 35 heavy (non-hydrogen) atoms. The maximum atomic E-state index is 13.7. The summed E-state index contributed by atoms with van der Waals surface area (Å²) in [5.41, 5.74) is 3.12. The molecule has 0 unspecified atom stereocenters. The SMILES string of the molecule is CC/C=C\C=C(/CC)C(=O)c1c(C)n(CC(=O)N(CCCC)CCC(C)C)c2cc(OC)ccc12. The van der Waals surface area contributed by atoms with E-state index in [1.807, 2.05) is 59.7 Å². The largest absolute Gasteiger partial charge is 0.497 e. The Kier molecular flexibility index (Phi) is 11.3. The van der Waals surface area contributed by atoms with Crippen molar-refractivity contribution in [3.63, 3.8) is 0 Å². The lowest BCUT2D eigenvalue weighted by Gasteiger charge is -2.24. The zero-order chi connectivity index (χ0) is 26.0. The number of hydrogen-bond donors (Lipinski definition) is 0. The molecule has 1 amide bonds. The molecule has 0 aliphatic rings. The molecule has 0 fully saturated rings. The van der Waals surface area contributed by atoms with Crippen LogP contribution in [0.2, 0.25) is 0 Å². The average molecular weight is 481 g/mol. The number of amides is 1. The van der Waals surface area contributed by atoms with Gasteiger partial charge in [-0.15, -0.1) is 0 Å². The number of ketones is 1. The first kappa shape index (κ1) is 28.4. The van der Waals surface area contributed by atoms with Gasteiger partial charge in [0.05, 0.1) is 18.2 Å². The average Bonchev–Trinajstić information content (AvgIpc) is 3.11. The van der Waals surface area contributed by atoms with Crippen molar-refractivity contribution in [1.82, 2.24) is 9.47 Å². The number of aromatic nitrogens is 1. The van der Waals surface area contributed by atoms with Gasteiger partial charge in [0.2, 0.25) is 5.91 Å². The van der Waals surface area contributed by atoms with Gasteiger partial charge in [-0.2, -0.15) is 0 Å². The molecule has 0 atom stereocenters. The van der Waals surface area contributed by atoms with E-state index in [1.165, 1.54) is 0 Å². The lowest BCUT2D eigenvalue weighted by Crippen LogP contribution is -2.36. The third kappa shape index (κ3) is 7.33. The molecule has 0 radical (unpaired) electrons. The maximum absolute atomic E-state index is 13.7. The summed E-state index contributed by atoms with van der Waals surface area (Å²) >= 11 is 0. The smallest absolute Gasteiger partial charge is 0.242 e. The van der Waals surface area contributed by atoms with Crippen LogP contribution in [-0.2, 0) is 11.3 Å². The van der Waals surface area contributed by atoms with Crippen molar-refractivity contribution in [3.8, 4) is 5.75 Å². The van der Waals surface area contributed by atoms with Gasteiger partial charge in [0.1, 0.15) is 12.3 Å². The number of carbonyl (C=O) groups is 2. The molecule has 0 N–H and O–H groups in total. The summed E-state index contributed by atoms with van der Waals surface area (Å²) in [6, 6.07) is 5.76. The van der Waals surface area contributed by atoms with E-state index in [1.54, 1.807) is 7.11 Å². The van der Waals surface area contributed by atoms with Crippen molar-refractivity contribution in [1.29, 1.82) is 0 Å². The number of methoxy groups -OCH3 is 1. The predicted molar refractivity (Wildman–Crippen MR) is 146 cm³/mol. The van der Waals surface area contributed by atoms with Crippen LogP contribution in [0.3, 0.4) is 0 Å². The first-order chi connectivity index (χ1) is 16.8. The van der Waals surface area contributed by atoms with Crippen molar-refractivity contribution >= 4 is 22.6 Å². The van der Waals surface area contributed by atoms with E-state index in [0.29, 0.717) is 23.7 Å². The van der Waals surface area contributed by atoms with Crippen LogP contribution in [0.25, 0.3) is 10.9 Å². The second kappa shape index (κ2) is 13.9. The third-order valence-corrected chi connectivity index (χ3v) is 6.50. The minimum atomic E-state index is 0.0229. The predicted octanol–water partition coefficient (Wildman–Crippen LogP) is 7.12. The molecule has 1 aromatic carbocycles. The fourth-order valence-electron chi connectivity index (χ4n) is 4.27. The van der Waals surface area contributed by atoms with Crippen molar-refractivity contribution in [2.45, 2.75) is 80.2 Å². The van der Waals surface area contributed by atoms with Gasteiger partial charge in [0, 0.05) is 30.2 Å². The van der Waals surface area contributed by atoms with Crippen LogP contribution in [0, 0.1) is 12.8 Å². The number of ether oxygens (including phenoxy) is 1. The molecule has 2 aromatic rings. The first-order valence-electron chi connectivity index (χ1n) is 13.1.